The van der Waals surface area contributed by atoms with Gasteiger partial charge in [0.15, 0.2) is 0 Å². The standard InChI is InChI=1S/C18H17F3N2O2/c1-12-6-8-16(9-7-12)23(13(2)24)11-17(25)22-15-5-3-4-14(10-15)18(19,20)21/h3-10H,11H2,1-2H3,(H,22,25). The van der Waals surface area contributed by atoms with Crippen LogP contribution in [0.1, 0.15) is 18.1 Å². The molecule has 0 aliphatic heterocycles. The van der Waals surface area contributed by atoms with Crippen molar-refractivity contribution in [1.29, 1.82) is 0 Å². The Balaban J connectivity index is 2.12. The van der Waals surface area contributed by atoms with Gasteiger partial charge in [0.2, 0.25) is 11.8 Å². The third kappa shape index (κ3) is 5.07. The SMILES string of the molecule is CC(=O)N(CC(=O)Nc1cccc(C(F)(F)F)c1)c1ccc(C)cc1. The minimum atomic E-state index is -4.49. The number of amides is 2. The van der Waals surface area contributed by atoms with Crippen molar-refractivity contribution in [2.75, 3.05) is 16.8 Å². The van der Waals surface area contributed by atoms with Crippen LogP contribution >= 0.6 is 0 Å². The maximum absolute atomic E-state index is 12.7. The molecule has 0 bridgehead atoms. The van der Waals surface area contributed by atoms with Gasteiger partial charge in [-0.2, -0.15) is 13.2 Å². The lowest BCUT2D eigenvalue weighted by Gasteiger charge is -2.21. The van der Waals surface area contributed by atoms with E-state index in [4.69, 9.17) is 0 Å². The number of rotatable bonds is 4. The molecule has 0 spiro atoms. The second-order valence-corrected chi connectivity index (χ2v) is 5.57. The van der Waals surface area contributed by atoms with Crippen molar-refractivity contribution in [1.82, 2.24) is 0 Å². The number of anilines is 2. The summed E-state index contributed by atoms with van der Waals surface area (Å²) in [5.41, 5.74) is 0.706. The molecule has 0 saturated carbocycles. The number of halogens is 3. The lowest BCUT2D eigenvalue weighted by atomic mass is 10.2. The number of carbonyl (C=O) groups excluding carboxylic acids is 2. The Kier molecular flexibility index (Phi) is 5.46. The van der Waals surface area contributed by atoms with Crippen molar-refractivity contribution in [3.05, 3.63) is 59.7 Å². The van der Waals surface area contributed by atoms with Gasteiger partial charge in [0.1, 0.15) is 6.54 Å². The summed E-state index contributed by atoms with van der Waals surface area (Å²) in [6, 6.07) is 11.3. The molecule has 0 aliphatic rings. The number of alkyl halides is 3. The predicted octanol–water partition coefficient (Wildman–Crippen LogP) is 4.01. The predicted molar refractivity (Wildman–Crippen MR) is 89.3 cm³/mol. The minimum absolute atomic E-state index is 0.0206. The molecule has 25 heavy (non-hydrogen) atoms. The Labute approximate surface area is 143 Å². The van der Waals surface area contributed by atoms with E-state index >= 15 is 0 Å². The Morgan fingerprint density at radius 2 is 1.72 bits per heavy atom. The van der Waals surface area contributed by atoms with Gasteiger partial charge in [-0.25, -0.2) is 0 Å². The molecule has 0 radical (unpaired) electrons. The zero-order valence-corrected chi connectivity index (χ0v) is 13.7. The highest BCUT2D eigenvalue weighted by molar-refractivity contribution is 6.01. The number of carbonyl (C=O) groups is 2. The minimum Gasteiger partial charge on any atom is -0.325 e. The fourth-order valence-corrected chi connectivity index (χ4v) is 2.23. The molecule has 132 valence electrons. The van der Waals surface area contributed by atoms with E-state index in [0.717, 1.165) is 17.7 Å². The van der Waals surface area contributed by atoms with Crippen LogP contribution in [0.4, 0.5) is 24.5 Å². The lowest BCUT2D eigenvalue weighted by Crippen LogP contribution is -2.36. The van der Waals surface area contributed by atoms with Gasteiger partial charge in [-0.05, 0) is 37.3 Å². The summed E-state index contributed by atoms with van der Waals surface area (Å²) in [5, 5.41) is 2.39. The van der Waals surface area contributed by atoms with Gasteiger partial charge in [-0.1, -0.05) is 23.8 Å². The van der Waals surface area contributed by atoms with Crippen LogP contribution < -0.4 is 10.2 Å². The van der Waals surface area contributed by atoms with Crippen molar-refractivity contribution in [2.24, 2.45) is 0 Å². The molecule has 0 saturated heterocycles. The average molecular weight is 350 g/mol. The van der Waals surface area contributed by atoms with E-state index < -0.39 is 17.6 Å². The molecule has 7 heteroatoms. The molecule has 0 aromatic heterocycles. The van der Waals surface area contributed by atoms with E-state index in [2.05, 4.69) is 5.32 Å². The summed E-state index contributed by atoms with van der Waals surface area (Å²) in [6.07, 6.45) is -4.49. The van der Waals surface area contributed by atoms with E-state index in [1.807, 2.05) is 6.92 Å². The van der Waals surface area contributed by atoms with Crippen LogP contribution in [-0.4, -0.2) is 18.4 Å². The monoisotopic (exact) mass is 350 g/mol. The van der Waals surface area contributed by atoms with E-state index in [-0.39, 0.29) is 18.1 Å². The number of nitrogens with one attached hydrogen (secondary N) is 1. The average Bonchev–Trinajstić information content (AvgIpc) is 2.53. The quantitative estimate of drug-likeness (QED) is 0.906. The summed E-state index contributed by atoms with van der Waals surface area (Å²) in [7, 11) is 0. The van der Waals surface area contributed by atoms with Gasteiger partial charge < -0.3 is 10.2 Å². The Hall–Kier alpha value is -2.83. The maximum Gasteiger partial charge on any atom is 0.416 e. The summed E-state index contributed by atoms with van der Waals surface area (Å²) < 4.78 is 38.1. The number of nitrogens with zero attached hydrogens (tertiary/aromatic N) is 1. The summed E-state index contributed by atoms with van der Waals surface area (Å²) in [4.78, 5) is 25.2. The maximum atomic E-state index is 12.7. The zero-order chi connectivity index (χ0) is 18.6. The smallest absolute Gasteiger partial charge is 0.325 e. The first kappa shape index (κ1) is 18.5. The highest BCUT2D eigenvalue weighted by Crippen LogP contribution is 2.30. The van der Waals surface area contributed by atoms with Crippen LogP contribution in [0.25, 0.3) is 0 Å². The van der Waals surface area contributed by atoms with Gasteiger partial charge >= 0.3 is 6.18 Å². The van der Waals surface area contributed by atoms with Crippen molar-refractivity contribution in [3.63, 3.8) is 0 Å². The molecule has 0 fully saturated rings. The van der Waals surface area contributed by atoms with Gasteiger partial charge in [0.05, 0.1) is 5.56 Å². The Morgan fingerprint density at radius 3 is 2.28 bits per heavy atom. The van der Waals surface area contributed by atoms with Crippen molar-refractivity contribution in [3.8, 4) is 0 Å². The van der Waals surface area contributed by atoms with Gasteiger partial charge in [-0.3, -0.25) is 9.59 Å². The Bertz CT molecular complexity index is 771. The molecule has 0 heterocycles. The highest BCUT2D eigenvalue weighted by atomic mass is 19.4. The van der Waals surface area contributed by atoms with Crippen LogP contribution in [0, 0.1) is 6.92 Å². The molecule has 0 atom stereocenters. The van der Waals surface area contributed by atoms with Gasteiger partial charge in [0, 0.05) is 18.3 Å². The van der Waals surface area contributed by atoms with Crippen molar-refractivity contribution in [2.45, 2.75) is 20.0 Å². The van der Waals surface area contributed by atoms with Crippen LogP contribution in [0.15, 0.2) is 48.5 Å². The first-order valence-electron chi connectivity index (χ1n) is 7.48. The van der Waals surface area contributed by atoms with Crippen LogP contribution in [0.3, 0.4) is 0 Å². The van der Waals surface area contributed by atoms with Gasteiger partial charge in [-0.15, -0.1) is 0 Å². The van der Waals surface area contributed by atoms with Gasteiger partial charge in [0.25, 0.3) is 0 Å². The Morgan fingerprint density at radius 1 is 1.08 bits per heavy atom. The second-order valence-electron chi connectivity index (χ2n) is 5.57. The fraction of sp³-hybridized carbons (Fsp3) is 0.222. The second kappa shape index (κ2) is 7.38. The lowest BCUT2D eigenvalue weighted by molar-refractivity contribution is -0.137. The molecule has 1 N–H and O–H groups in total. The molecule has 0 aliphatic carbocycles. The highest BCUT2D eigenvalue weighted by Gasteiger charge is 2.30. The van der Waals surface area contributed by atoms with Crippen LogP contribution in [0.5, 0.6) is 0 Å². The largest absolute Gasteiger partial charge is 0.416 e. The number of benzene rings is 2. The van der Waals surface area contributed by atoms with E-state index in [0.29, 0.717) is 5.69 Å². The molecule has 0 unspecified atom stereocenters. The van der Waals surface area contributed by atoms with E-state index in [9.17, 15) is 22.8 Å². The third-order valence-corrected chi connectivity index (χ3v) is 3.50. The molecule has 2 rings (SSSR count). The molecular formula is C18H17F3N2O2. The third-order valence-electron chi connectivity index (χ3n) is 3.50. The number of hydrogen-bond donors (Lipinski definition) is 1. The van der Waals surface area contributed by atoms with E-state index in [1.54, 1.807) is 24.3 Å². The first-order chi connectivity index (χ1) is 11.7. The van der Waals surface area contributed by atoms with Crippen molar-refractivity contribution >= 4 is 23.2 Å². The van der Waals surface area contributed by atoms with Crippen LogP contribution in [0.2, 0.25) is 0 Å². The summed E-state index contributed by atoms with van der Waals surface area (Å²) in [5.74, 6) is -0.932. The topological polar surface area (TPSA) is 49.4 Å². The summed E-state index contributed by atoms with van der Waals surface area (Å²) >= 11 is 0. The molecule has 2 aromatic carbocycles. The molecule has 2 aromatic rings. The van der Waals surface area contributed by atoms with E-state index in [1.165, 1.54) is 24.0 Å². The molecule has 4 nitrogen and oxygen atoms in total. The van der Waals surface area contributed by atoms with Crippen LogP contribution in [-0.2, 0) is 15.8 Å². The zero-order valence-electron chi connectivity index (χ0n) is 13.7. The molecule has 2 amide bonds. The first-order valence-corrected chi connectivity index (χ1v) is 7.48. The van der Waals surface area contributed by atoms with Crippen molar-refractivity contribution < 1.29 is 22.8 Å². The normalized spacial score (nSPS) is 11.1. The fourth-order valence-electron chi connectivity index (χ4n) is 2.23. The number of aryl methyl sites for hydroxylation is 1. The summed E-state index contributed by atoms with van der Waals surface area (Å²) in [6.45, 7) is 2.91. The molecular weight excluding hydrogens is 333 g/mol. The number of hydrogen-bond acceptors (Lipinski definition) is 2.